The number of carbonyl (C=O) groups is 1. The van der Waals surface area contributed by atoms with Crippen LogP contribution in [0.1, 0.15) is 42.2 Å². The summed E-state index contributed by atoms with van der Waals surface area (Å²) in [5, 5.41) is 4.50. The largest absolute Gasteiger partial charge is 0.497 e. The number of fused-ring (bicyclic) bond motifs is 2. The second-order valence-electron chi connectivity index (χ2n) is 7.10. The van der Waals surface area contributed by atoms with Crippen molar-refractivity contribution < 1.29 is 14.3 Å². The van der Waals surface area contributed by atoms with Gasteiger partial charge in [-0.3, -0.25) is 4.90 Å². The number of carbonyl (C=O) groups excluding carboxylic acids is 1. The molecule has 4 rings (SSSR count). The van der Waals surface area contributed by atoms with Crippen LogP contribution >= 0.6 is 0 Å². The van der Waals surface area contributed by atoms with Crippen molar-refractivity contribution in [2.24, 2.45) is 5.92 Å². The number of ether oxygens (including phenoxy) is 2. The number of piperidine rings is 1. The molecule has 1 aromatic carbocycles. The fourth-order valence-corrected chi connectivity index (χ4v) is 4.26. The summed E-state index contributed by atoms with van der Waals surface area (Å²) in [5.41, 5.74) is 2.38. The molecule has 2 heterocycles. The Morgan fingerprint density at radius 3 is 2.69 bits per heavy atom. The molecule has 1 saturated heterocycles. The van der Waals surface area contributed by atoms with E-state index in [1.54, 1.807) is 13.3 Å². The van der Waals surface area contributed by atoms with Gasteiger partial charge in [0.1, 0.15) is 11.3 Å². The summed E-state index contributed by atoms with van der Waals surface area (Å²) in [4.78, 5) is 14.9. The first-order chi connectivity index (χ1) is 12.7. The number of methoxy groups -OCH3 is 1. The zero-order valence-corrected chi connectivity index (χ0v) is 15.4. The molecule has 1 aliphatic carbocycles. The molecule has 2 bridgehead atoms. The summed E-state index contributed by atoms with van der Waals surface area (Å²) >= 11 is 0. The molecule has 2 fully saturated rings. The molecule has 138 valence electrons. The lowest BCUT2D eigenvalue weighted by Crippen LogP contribution is -2.33. The molecule has 6 nitrogen and oxygen atoms in total. The molecule has 1 aliphatic heterocycles. The predicted octanol–water partition coefficient (Wildman–Crippen LogP) is 3.04. The van der Waals surface area contributed by atoms with Gasteiger partial charge in [0.2, 0.25) is 0 Å². The second kappa shape index (κ2) is 7.11. The van der Waals surface area contributed by atoms with E-state index in [9.17, 15) is 4.79 Å². The lowest BCUT2D eigenvalue weighted by atomic mass is 10.1. The van der Waals surface area contributed by atoms with Crippen molar-refractivity contribution in [3.05, 3.63) is 41.7 Å². The third-order valence-corrected chi connectivity index (χ3v) is 5.56. The van der Waals surface area contributed by atoms with Gasteiger partial charge in [-0.2, -0.15) is 5.10 Å². The van der Waals surface area contributed by atoms with Crippen LogP contribution in [0.5, 0.6) is 5.75 Å². The summed E-state index contributed by atoms with van der Waals surface area (Å²) < 4.78 is 12.3. The number of likely N-dealkylation sites (tertiary alicyclic amines) is 1. The molecular formula is C20H25N3O3. The molecule has 6 heteroatoms. The zero-order chi connectivity index (χ0) is 18.1. The van der Waals surface area contributed by atoms with Gasteiger partial charge >= 0.3 is 5.97 Å². The number of nitrogens with zero attached hydrogens (tertiary/aromatic N) is 3. The number of esters is 1. The van der Waals surface area contributed by atoms with Crippen molar-refractivity contribution in [3.63, 3.8) is 0 Å². The van der Waals surface area contributed by atoms with Gasteiger partial charge in [-0.25, -0.2) is 9.48 Å². The van der Waals surface area contributed by atoms with Gasteiger partial charge in [0.25, 0.3) is 0 Å². The number of aromatic nitrogens is 2. The van der Waals surface area contributed by atoms with Crippen molar-refractivity contribution in [3.8, 4) is 11.4 Å². The van der Waals surface area contributed by atoms with Crippen LogP contribution in [0, 0.1) is 5.92 Å². The number of hydrogen-bond donors (Lipinski definition) is 0. The van der Waals surface area contributed by atoms with Crippen LogP contribution in [0.2, 0.25) is 0 Å². The lowest BCUT2D eigenvalue weighted by molar-refractivity contribution is 0.0523. The fourth-order valence-electron chi connectivity index (χ4n) is 4.26. The minimum absolute atomic E-state index is 0.299. The summed E-state index contributed by atoms with van der Waals surface area (Å²) in [6.07, 6.45) is 5.51. The standard InChI is InChI=1S/C20H25N3O3/c1-3-26-20(24)18-11-21-23(15-6-8-17(25-2)9-7-15)19(18)13-22-12-14-4-5-16(22)10-14/h6-9,11,14,16H,3-5,10,12-13H2,1-2H3/t14-,16-/m1/s1. The topological polar surface area (TPSA) is 56.6 Å². The van der Waals surface area contributed by atoms with Crippen LogP contribution in [0.15, 0.2) is 30.5 Å². The first kappa shape index (κ1) is 17.1. The highest BCUT2D eigenvalue weighted by molar-refractivity contribution is 5.90. The van der Waals surface area contributed by atoms with E-state index in [1.165, 1.54) is 19.3 Å². The van der Waals surface area contributed by atoms with Crippen LogP contribution < -0.4 is 4.74 Å². The highest BCUT2D eigenvalue weighted by atomic mass is 16.5. The number of hydrogen-bond acceptors (Lipinski definition) is 5. The third-order valence-electron chi connectivity index (χ3n) is 5.56. The van der Waals surface area contributed by atoms with Crippen molar-refractivity contribution in [2.45, 2.75) is 38.8 Å². The Kier molecular flexibility index (Phi) is 4.68. The summed E-state index contributed by atoms with van der Waals surface area (Å²) in [5.74, 6) is 1.31. The van der Waals surface area contributed by atoms with E-state index >= 15 is 0 Å². The van der Waals surface area contributed by atoms with Gasteiger partial charge in [-0.15, -0.1) is 0 Å². The molecule has 2 aliphatic rings. The minimum Gasteiger partial charge on any atom is -0.497 e. The predicted molar refractivity (Wildman–Crippen MR) is 97.6 cm³/mol. The first-order valence-corrected chi connectivity index (χ1v) is 9.32. The van der Waals surface area contributed by atoms with Gasteiger partial charge < -0.3 is 9.47 Å². The highest BCUT2D eigenvalue weighted by Gasteiger charge is 2.38. The Bertz CT molecular complexity index is 784. The second-order valence-corrected chi connectivity index (χ2v) is 7.10. The van der Waals surface area contributed by atoms with Gasteiger partial charge in [0, 0.05) is 19.1 Å². The van der Waals surface area contributed by atoms with E-state index in [0.29, 0.717) is 18.2 Å². The average Bonchev–Trinajstić information content (AvgIpc) is 3.38. The van der Waals surface area contributed by atoms with Crippen molar-refractivity contribution in [1.29, 1.82) is 0 Å². The van der Waals surface area contributed by atoms with Crippen LogP contribution in [0.3, 0.4) is 0 Å². The summed E-state index contributed by atoms with van der Waals surface area (Å²) in [7, 11) is 1.65. The van der Waals surface area contributed by atoms with Crippen molar-refractivity contribution >= 4 is 5.97 Å². The molecule has 2 aromatic rings. The number of benzene rings is 1. The van der Waals surface area contributed by atoms with Crippen LogP contribution in [0.4, 0.5) is 0 Å². The average molecular weight is 355 g/mol. The number of rotatable bonds is 6. The third kappa shape index (κ3) is 3.09. The maximum absolute atomic E-state index is 12.4. The summed E-state index contributed by atoms with van der Waals surface area (Å²) in [6, 6.07) is 8.36. The zero-order valence-electron chi connectivity index (χ0n) is 15.4. The van der Waals surface area contributed by atoms with E-state index in [4.69, 9.17) is 9.47 Å². The summed E-state index contributed by atoms with van der Waals surface area (Å²) in [6.45, 7) is 4.02. The van der Waals surface area contributed by atoms with E-state index in [-0.39, 0.29) is 5.97 Å². The van der Waals surface area contributed by atoms with Gasteiger partial charge in [0.05, 0.1) is 31.3 Å². The van der Waals surface area contributed by atoms with E-state index in [0.717, 1.165) is 36.1 Å². The SMILES string of the molecule is CCOC(=O)c1cnn(-c2ccc(OC)cc2)c1CN1C[C@@H]2CC[C@@H]1C2. The maximum Gasteiger partial charge on any atom is 0.341 e. The maximum atomic E-state index is 12.4. The van der Waals surface area contributed by atoms with Crippen molar-refractivity contribution in [1.82, 2.24) is 14.7 Å². The normalized spacial score (nSPS) is 21.9. The molecule has 1 aromatic heterocycles. The van der Waals surface area contributed by atoms with Crippen molar-refractivity contribution in [2.75, 3.05) is 20.3 Å². The van der Waals surface area contributed by atoms with Crippen LogP contribution in [-0.2, 0) is 11.3 Å². The first-order valence-electron chi connectivity index (χ1n) is 9.32. The van der Waals surface area contributed by atoms with Gasteiger partial charge in [-0.05, 0) is 56.4 Å². The van der Waals surface area contributed by atoms with Crippen LogP contribution in [0.25, 0.3) is 5.69 Å². The Morgan fingerprint density at radius 2 is 2.08 bits per heavy atom. The molecule has 0 amide bonds. The van der Waals surface area contributed by atoms with E-state index in [1.807, 2.05) is 35.9 Å². The van der Waals surface area contributed by atoms with Crippen LogP contribution in [-0.4, -0.2) is 47.0 Å². The van der Waals surface area contributed by atoms with E-state index in [2.05, 4.69) is 10.00 Å². The Morgan fingerprint density at radius 1 is 1.27 bits per heavy atom. The Labute approximate surface area is 153 Å². The molecule has 0 N–H and O–H groups in total. The molecule has 0 radical (unpaired) electrons. The molecule has 0 spiro atoms. The molecule has 0 unspecified atom stereocenters. The Hall–Kier alpha value is -2.34. The fraction of sp³-hybridized carbons (Fsp3) is 0.500. The van der Waals surface area contributed by atoms with Gasteiger partial charge in [-0.1, -0.05) is 0 Å². The van der Waals surface area contributed by atoms with E-state index < -0.39 is 0 Å². The lowest BCUT2D eigenvalue weighted by Gasteiger charge is -2.27. The molecular weight excluding hydrogens is 330 g/mol. The smallest absolute Gasteiger partial charge is 0.341 e. The highest BCUT2D eigenvalue weighted by Crippen LogP contribution is 2.38. The minimum atomic E-state index is -0.299. The quantitative estimate of drug-likeness (QED) is 0.746. The molecule has 2 atom stereocenters. The molecule has 1 saturated carbocycles. The Balaban J connectivity index is 1.67. The monoisotopic (exact) mass is 355 g/mol. The van der Waals surface area contributed by atoms with Gasteiger partial charge in [0.15, 0.2) is 0 Å². The molecule has 26 heavy (non-hydrogen) atoms.